The van der Waals surface area contributed by atoms with Gasteiger partial charge >= 0.3 is 0 Å². The molecule has 1 unspecified atom stereocenters. The van der Waals surface area contributed by atoms with Gasteiger partial charge in [0.25, 0.3) is 0 Å². The van der Waals surface area contributed by atoms with Crippen LogP contribution in [0.1, 0.15) is 44.1 Å². The van der Waals surface area contributed by atoms with Gasteiger partial charge in [-0.15, -0.1) is 0 Å². The number of hydrogen-bond donors (Lipinski definition) is 1. The van der Waals surface area contributed by atoms with Gasteiger partial charge in [0.1, 0.15) is 0 Å². The van der Waals surface area contributed by atoms with Crippen LogP contribution in [-0.4, -0.2) is 11.9 Å². The molecular formula is C14H19NO. The number of amides is 1. The molecule has 0 radical (unpaired) electrons. The molecule has 16 heavy (non-hydrogen) atoms. The van der Waals surface area contributed by atoms with Gasteiger partial charge in [-0.25, -0.2) is 0 Å². The van der Waals surface area contributed by atoms with E-state index in [1.165, 1.54) is 6.42 Å². The van der Waals surface area contributed by atoms with E-state index in [2.05, 4.69) is 12.2 Å². The molecule has 86 valence electrons. The fraction of sp³-hybridized carbons (Fsp3) is 0.500. The third-order valence-electron chi connectivity index (χ3n) is 3.38. The van der Waals surface area contributed by atoms with Crippen LogP contribution in [0.25, 0.3) is 0 Å². The molecular weight excluding hydrogens is 198 g/mol. The van der Waals surface area contributed by atoms with Crippen molar-refractivity contribution in [2.75, 3.05) is 0 Å². The first-order valence-corrected chi connectivity index (χ1v) is 6.16. The average molecular weight is 217 g/mol. The normalized spacial score (nSPS) is 17.6. The lowest BCUT2D eigenvalue weighted by Gasteiger charge is -2.28. The van der Waals surface area contributed by atoms with Gasteiger partial charge in [-0.05, 0) is 31.2 Å². The Bertz CT molecular complexity index is 343. The van der Waals surface area contributed by atoms with Crippen molar-refractivity contribution in [2.24, 2.45) is 0 Å². The van der Waals surface area contributed by atoms with Gasteiger partial charge < -0.3 is 5.32 Å². The van der Waals surface area contributed by atoms with Crippen molar-refractivity contribution in [3.63, 3.8) is 0 Å². The maximum Gasteiger partial charge on any atom is 0.227 e. The Morgan fingerprint density at radius 1 is 1.38 bits per heavy atom. The second kappa shape index (κ2) is 5.15. The molecule has 2 nitrogen and oxygen atoms in total. The van der Waals surface area contributed by atoms with Gasteiger partial charge in [0.05, 0.1) is 5.92 Å². The monoisotopic (exact) mass is 217 g/mol. The summed E-state index contributed by atoms with van der Waals surface area (Å²) >= 11 is 0. The van der Waals surface area contributed by atoms with E-state index in [9.17, 15) is 4.79 Å². The van der Waals surface area contributed by atoms with Gasteiger partial charge in [-0.1, -0.05) is 37.3 Å². The number of benzene rings is 1. The predicted molar refractivity (Wildman–Crippen MR) is 65.3 cm³/mol. The maximum atomic E-state index is 12.1. The van der Waals surface area contributed by atoms with E-state index in [0.717, 1.165) is 24.8 Å². The lowest BCUT2D eigenvalue weighted by atomic mass is 9.90. The van der Waals surface area contributed by atoms with E-state index < -0.39 is 0 Å². The van der Waals surface area contributed by atoms with Gasteiger partial charge in [0, 0.05) is 6.04 Å². The molecule has 0 aromatic heterocycles. The lowest BCUT2D eigenvalue weighted by Crippen LogP contribution is -2.41. The van der Waals surface area contributed by atoms with E-state index >= 15 is 0 Å². The summed E-state index contributed by atoms with van der Waals surface area (Å²) in [6.45, 7) is 2.07. The van der Waals surface area contributed by atoms with Crippen LogP contribution in [0.2, 0.25) is 0 Å². The van der Waals surface area contributed by atoms with Crippen molar-refractivity contribution in [2.45, 2.75) is 44.6 Å². The highest BCUT2D eigenvalue weighted by Crippen LogP contribution is 2.23. The third-order valence-corrected chi connectivity index (χ3v) is 3.38. The number of hydrogen-bond acceptors (Lipinski definition) is 1. The third kappa shape index (κ3) is 2.43. The first-order chi connectivity index (χ1) is 7.81. The van der Waals surface area contributed by atoms with Crippen LogP contribution in [0.3, 0.4) is 0 Å². The first kappa shape index (κ1) is 11.2. The molecule has 1 saturated carbocycles. The molecule has 0 aliphatic heterocycles. The van der Waals surface area contributed by atoms with Crippen LogP contribution in [0.4, 0.5) is 0 Å². The highest BCUT2D eigenvalue weighted by Gasteiger charge is 2.24. The fourth-order valence-corrected chi connectivity index (χ4v) is 2.11. The second-order valence-electron chi connectivity index (χ2n) is 4.51. The summed E-state index contributed by atoms with van der Waals surface area (Å²) in [6, 6.07) is 10.5. The number of rotatable bonds is 4. The SMILES string of the molecule is CCC(C(=O)NC1CCC1)c1ccccc1. The standard InChI is InChI=1S/C14H19NO/c1-2-13(11-7-4-3-5-8-11)14(16)15-12-9-6-10-12/h3-5,7-8,12-13H,2,6,9-10H2,1H3,(H,15,16). The van der Waals surface area contributed by atoms with Crippen molar-refractivity contribution in [3.05, 3.63) is 35.9 Å². The first-order valence-electron chi connectivity index (χ1n) is 6.16. The summed E-state index contributed by atoms with van der Waals surface area (Å²) in [5.74, 6) is 0.209. The maximum absolute atomic E-state index is 12.1. The smallest absolute Gasteiger partial charge is 0.227 e. The molecule has 1 aromatic carbocycles. The molecule has 1 aliphatic carbocycles. The van der Waals surface area contributed by atoms with Crippen molar-refractivity contribution in [1.29, 1.82) is 0 Å². The fourth-order valence-electron chi connectivity index (χ4n) is 2.11. The Hall–Kier alpha value is -1.31. The van der Waals surface area contributed by atoms with Crippen molar-refractivity contribution >= 4 is 5.91 Å². The van der Waals surface area contributed by atoms with Crippen LogP contribution in [-0.2, 0) is 4.79 Å². The molecule has 1 fully saturated rings. The van der Waals surface area contributed by atoms with Crippen LogP contribution in [0.15, 0.2) is 30.3 Å². The Kier molecular flexibility index (Phi) is 3.60. The van der Waals surface area contributed by atoms with Gasteiger partial charge in [0.2, 0.25) is 5.91 Å². The van der Waals surface area contributed by atoms with E-state index in [1.807, 2.05) is 30.3 Å². The quantitative estimate of drug-likeness (QED) is 0.825. The summed E-state index contributed by atoms with van der Waals surface area (Å²) in [5.41, 5.74) is 1.13. The summed E-state index contributed by atoms with van der Waals surface area (Å²) in [7, 11) is 0. The zero-order valence-electron chi connectivity index (χ0n) is 9.78. The van der Waals surface area contributed by atoms with Crippen LogP contribution >= 0.6 is 0 Å². The summed E-state index contributed by atoms with van der Waals surface area (Å²) < 4.78 is 0. The highest BCUT2D eigenvalue weighted by molar-refractivity contribution is 5.83. The van der Waals surface area contributed by atoms with Crippen molar-refractivity contribution in [1.82, 2.24) is 5.32 Å². The zero-order valence-corrected chi connectivity index (χ0v) is 9.78. The largest absolute Gasteiger partial charge is 0.353 e. The second-order valence-corrected chi connectivity index (χ2v) is 4.51. The van der Waals surface area contributed by atoms with E-state index in [4.69, 9.17) is 0 Å². The Morgan fingerprint density at radius 2 is 2.06 bits per heavy atom. The molecule has 0 saturated heterocycles. The molecule has 0 bridgehead atoms. The molecule has 2 heteroatoms. The molecule has 1 atom stereocenters. The zero-order chi connectivity index (χ0) is 11.4. The molecule has 1 N–H and O–H groups in total. The molecule has 1 aromatic rings. The topological polar surface area (TPSA) is 29.1 Å². The number of carbonyl (C=O) groups is 1. The minimum Gasteiger partial charge on any atom is -0.353 e. The van der Waals surface area contributed by atoms with Crippen LogP contribution in [0, 0.1) is 0 Å². The van der Waals surface area contributed by atoms with Crippen LogP contribution < -0.4 is 5.32 Å². The minimum absolute atomic E-state index is 0.0156. The number of nitrogens with one attached hydrogen (secondary N) is 1. The van der Waals surface area contributed by atoms with E-state index in [0.29, 0.717) is 6.04 Å². The molecule has 0 spiro atoms. The molecule has 0 heterocycles. The predicted octanol–water partition coefficient (Wildman–Crippen LogP) is 2.85. The average Bonchev–Trinajstić information content (AvgIpc) is 2.26. The Balaban J connectivity index is 2.01. The van der Waals surface area contributed by atoms with Crippen LogP contribution in [0.5, 0.6) is 0 Å². The minimum atomic E-state index is 0.0156. The van der Waals surface area contributed by atoms with Gasteiger partial charge in [-0.2, -0.15) is 0 Å². The molecule has 1 aliphatic rings. The summed E-state index contributed by atoms with van der Waals surface area (Å²) in [4.78, 5) is 12.1. The Labute approximate surface area is 97.1 Å². The van der Waals surface area contributed by atoms with Gasteiger partial charge in [-0.3, -0.25) is 4.79 Å². The summed E-state index contributed by atoms with van der Waals surface area (Å²) in [5, 5.41) is 3.13. The van der Waals surface area contributed by atoms with Crippen molar-refractivity contribution < 1.29 is 4.79 Å². The lowest BCUT2D eigenvalue weighted by molar-refractivity contribution is -0.123. The Morgan fingerprint density at radius 3 is 2.56 bits per heavy atom. The molecule has 2 rings (SSSR count). The van der Waals surface area contributed by atoms with Gasteiger partial charge in [0.15, 0.2) is 0 Å². The molecule has 1 amide bonds. The number of carbonyl (C=O) groups excluding carboxylic acids is 1. The van der Waals surface area contributed by atoms with E-state index in [-0.39, 0.29) is 11.8 Å². The van der Waals surface area contributed by atoms with E-state index in [1.54, 1.807) is 0 Å². The summed E-state index contributed by atoms with van der Waals surface area (Å²) in [6.07, 6.45) is 4.42. The highest BCUT2D eigenvalue weighted by atomic mass is 16.1. The van der Waals surface area contributed by atoms with Crippen molar-refractivity contribution in [3.8, 4) is 0 Å².